The highest BCUT2D eigenvalue weighted by atomic mass is 16.5. The van der Waals surface area contributed by atoms with Crippen molar-refractivity contribution in [3.05, 3.63) is 11.7 Å². The Morgan fingerprint density at radius 3 is 2.79 bits per heavy atom. The van der Waals surface area contributed by atoms with Crippen molar-refractivity contribution in [3.63, 3.8) is 0 Å². The second-order valence-corrected chi connectivity index (χ2v) is 6.24. The van der Waals surface area contributed by atoms with E-state index in [0.29, 0.717) is 17.9 Å². The molecule has 19 heavy (non-hydrogen) atoms. The van der Waals surface area contributed by atoms with Gasteiger partial charge in [0, 0.05) is 31.6 Å². The van der Waals surface area contributed by atoms with Crippen LogP contribution in [0.5, 0.6) is 0 Å². The maximum absolute atomic E-state index is 5.08. The summed E-state index contributed by atoms with van der Waals surface area (Å²) in [6.45, 7) is 13.7. The highest BCUT2D eigenvalue weighted by Crippen LogP contribution is 2.24. The van der Waals surface area contributed by atoms with E-state index in [1.165, 1.54) is 0 Å². The average molecular weight is 266 g/mol. The van der Waals surface area contributed by atoms with E-state index in [1.54, 1.807) is 0 Å². The van der Waals surface area contributed by atoms with Gasteiger partial charge in [-0.3, -0.25) is 4.90 Å². The van der Waals surface area contributed by atoms with E-state index in [9.17, 15) is 0 Å². The quantitative estimate of drug-likeness (QED) is 0.903. The molecular weight excluding hydrogens is 240 g/mol. The van der Waals surface area contributed by atoms with Gasteiger partial charge < -0.3 is 9.84 Å². The zero-order chi connectivity index (χ0) is 14.0. The third-order valence-electron chi connectivity index (χ3n) is 4.22. The molecule has 2 heterocycles. The van der Waals surface area contributed by atoms with Gasteiger partial charge in [-0.05, 0) is 19.3 Å². The van der Waals surface area contributed by atoms with Crippen LogP contribution in [0.3, 0.4) is 0 Å². The first-order valence-corrected chi connectivity index (χ1v) is 7.22. The molecule has 1 N–H and O–H groups in total. The van der Waals surface area contributed by atoms with Crippen LogP contribution >= 0.6 is 0 Å². The van der Waals surface area contributed by atoms with Crippen molar-refractivity contribution in [1.82, 2.24) is 20.4 Å². The topological polar surface area (TPSA) is 54.2 Å². The molecule has 5 nitrogen and oxygen atoms in total. The minimum Gasteiger partial charge on any atom is -0.340 e. The summed E-state index contributed by atoms with van der Waals surface area (Å²) < 4.78 is 5.08. The first kappa shape index (κ1) is 14.5. The maximum atomic E-state index is 5.08. The predicted molar refractivity (Wildman–Crippen MR) is 74.8 cm³/mol. The number of aryl methyl sites for hydroxylation is 1. The molecule has 1 aromatic rings. The molecule has 1 aliphatic heterocycles. The molecule has 2 unspecified atom stereocenters. The molecule has 0 amide bonds. The summed E-state index contributed by atoms with van der Waals surface area (Å²) in [6.07, 6.45) is 1.12. The summed E-state index contributed by atoms with van der Waals surface area (Å²) >= 11 is 0. The summed E-state index contributed by atoms with van der Waals surface area (Å²) in [5, 5.41) is 7.72. The van der Waals surface area contributed by atoms with E-state index in [2.05, 4.69) is 48.1 Å². The van der Waals surface area contributed by atoms with Crippen LogP contribution in [0.1, 0.15) is 45.8 Å². The van der Waals surface area contributed by atoms with Gasteiger partial charge in [0.2, 0.25) is 5.89 Å². The first-order chi connectivity index (χ1) is 8.93. The van der Waals surface area contributed by atoms with E-state index >= 15 is 0 Å². The molecule has 1 aliphatic rings. The van der Waals surface area contributed by atoms with Crippen LogP contribution in [0.4, 0.5) is 0 Å². The fourth-order valence-electron chi connectivity index (χ4n) is 2.76. The van der Waals surface area contributed by atoms with Gasteiger partial charge in [-0.1, -0.05) is 25.9 Å². The Kier molecular flexibility index (Phi) is 4.26. The van der Waals surface area contributed by atoms with Crippen molar-refractivity contribution in [2.24, 2.45) is 5.92 Å². The Labute approximate surface area is 115 Å². The summed E-state index contributed by atoms with van der Waals surface area (Å²) in [7, 11) is 0. The SMILES string of the molecule is CCC1(C)CN(Cc2noc(C)n2)C(C(C)C)CN1. The van der Waals surface area contributed by atoms with E-state index < -0.39 is 0 Å². The number of aromatic nitrogens is 2. The van der Waals surface area contributed by atoms with E-state index in [4.69, 9.17) is 4.52 Å². The van der Waals surface area contributed by atoms with Gasteiger partial charge >= 0.3 is 0 Å². The van der Waals surface area contributed by atoms with Crippen molar-refractivity contribution in [3.8, 4) is 0 Å². The van der Waals surface area contributed by atoms with Crippen LogP contribution in [-0.4, -0.2) is 39.7 Å². The van der Waals surface area contributed by atoms with Crippen molar-refractivity contribution >= 4 is 0 Å². The maximum Gasteiger partial charge on any atom is 0.223 e. The number of rotatable bonds is 4. The van der Waals surface area contributed by atoms with Gasteiger partial charge in [-0.2, -0.15) is 4.98 Å². The highest BCUT2D eigenvalue weighted by Gasteiger charge is 2.36. The first-order valence-electron chi connectivity index (χ1n) is 7.22. The van der Waals surface area contributed by atoms with Gasteiger partial charge in [-0.15, -0.1) is 0 Å². The number of nitrogens with zero attached hydrogens (tertiary/aromatic N) is 3. The normalized spacial score (nSPS) is 29.1. The molecule has 1 saturated heterocycles. The Hall–Kier alpha value is -0.940. The van der Waals surface area contributed by atoms with Gasteiger partial charge in [0.25, 0.3) is 0 Å². The third-order valence-corrected chi connectivity index (χ3v) is 4.22. The van der Waals surface area contributed by atoms with Gasteiger partial charge in [-0.25, -0.2) is 0 Å². The summed E-state index contributed by atoms with van der Waals surface area (Å²) in [4.78, 5) is 6.83. The number of hydrogen-bond acceptors (Lipinski definition) is 5. The molecule has 1 aromatic heterocycles. The summed E-state index contributed by atoms with van der Waals surface area (Å²) in [5.74, 6) is 2.05. The van der Waals surface area contributed by atoms with Crippen LogP contribution in [-0.2, 0) is 6.54 Å². The van der Waals surface area contributed by atoms with Crippen LogP contribution in [0.15, 0.2) is 4.52 Å². The second-order valence-electron chi connectivity index (χ2n) is 6.24. The standard InChI is InChI=1S/C14H26N4O/c1-6-14(5)9-18(12(7-15-14)10(2)3)8-13-16-11(4)19-17-13/h10,12,15H,6-9H2,1-5H3. The molecule has 108 valence electrons. The summed E-state index contributed by atoms with van der Waals surface area (Å²) in [5.41, 5.74) is 0.185. The molecule has 0 radical (unpaired) electrons. The van der Waals surface area contributed by atoms with Crippen molar-refractivity contribution < 1.29 is 4.52 Å². The van der Waals surface area contributed by atoms with Crippen molar-refractivity contribution in [2.75, 3.05) is 13.1 Å². The lowest BCUT2D eigenvalue weighted by atomic mass is 9.90. The molecule has 0 spiro atoms. The predicted octanol–water partition coefficient (Wildman–Crippen LogP) is 1.98. The highest BCUT2D eigenvalue weighted by molar-refractivity contribution is 4.97. The molecule has 5 heteroatoms. The van der Waals surface area contributed by atoms with E-state index in [-0.39, 0.29) is 5.54 Å². The third kappa shape index (κ3) is 3.34. The molecule has 0 aromatic carbocycles. The lowest BCUT2D eigenvalue weighted by Gasteiger charge is -2.47. The fraction of sp³-hybridized carbons (Fsp3) is 0.857. The van der Waals surface area contributed by atoms with Crippen molar-refractivity contribution in [2.45, 2.75) is 59.2 Å². The van der Waals surface area contributed by atoms with Gasteiger partial charge in [0.1, 0.15) is 0 Å². The molecular formula is C14H26N4O. The Morgan fingerprint density at radius 1 is 1.53 bits per heavy atom. The lowest BCUT2D eigenvalue weighted by molar-refractivity contribution is 0.0513. The van der Waals surface area contributed by atoms with Gasteiger partial charge in [0.05, 0.1) is 6.54 Å². The number of hydrogen-bond donors (Lipinski definition) is 1. The minimum atomic E-state index is 0.185. The average Bonchev–Trinajstić information content (AvgIpc) is 2.74. The Balaban J connectivity index is 2.11. The van der Waals surface area contributed by atoms with E-state index in [0.717, 1.165) is 31.9 Å². The fourth-order valence-corrected chi connectivity index (χ4v) is 2.76. The van der Waals surface area contributed by atoms with Crippen LogP contribution < -0.4 is 5.32 Å². The monoisotopic (exact) mass is 266 g/mol. The second kappa shape index (κ2) is 5.59. The number of piperazine rings is 1. The van der Waals surface area contributed by atoms with Crippen molar-refractivity contribution in [1.29, 1.82) is 0 Å². The molecule has 2 rings (SSSR count). The lowest BCUT2D eigenvalue weighted by Crippen LogP contribution is -2.63. The largest absolute Gasteiger partial charge is 0.340 e. The van der Waals surface area contributed by atoms with Crippen LogP contribution in [0.2, 0.25) is 0 Å². The van der Waals surface area contributed by atoms with E-state index in [1.807, 2.05) is 6.92 Å². The van der Waals surface area contributed by atoms with Crippen LogP contribution in [0, 0.1) is 12.8 Å². The Bertz CT molecular complexity index is 417. The molecule has 0 saturated carbocycles. The number of nitrogens with one attached hydrogen (secondary N) is 1. The van der Waals surface area contributed by atoms with Gasteiger partial charge in [0.15, 0.2) is 5.82 Å². The minimum absolute atomic E-state index is 0.185. The van der Waals surface area contributed by atoms with Crippen LogP contribution in [0.25, 0.3) is 0 Å². The molecule has 0 bridgehead atoms. The molecule has 1 fully saturated rings. The zero-order valence-electron chi connectivity index (χ0n) is 12.7. The molecule has 2 atom stereocenters. The zero-order valence-corrected chi connectivity index (χ0v) is 12.7. The smallest absolute Gasteiger partial charge is 0.223 e. The summed E-state index contributed by atoms with van der Waals surface area (Å²) in [6, 6.07) is 0.526. The Morgan fingerprint density at radius 2 is 2.26 bits per heavy atom. The molecule has 0 aliphatic carbocycles.